The minimum Gasteiger partial charge on any atom is -0.408 e. The molecule has 3 N–H and O–H groups in total. The highest BCUT2D eigenvalue weighted by molar-refractivity contribution is 5.98. The zero-order valence-corrected chi connectivity index (χ0v) is 20.1. The van der Waals surface area contributed by atoms with Gasteiger partial charge >= 0.3 is 5.76 Å². The Kier molecular flexibility index (Phi) is 5.20. The lowest BCUT2D eigenvalue weighted by Gasteiger charge is -2.52. The molecule has 0 saturated heterocycles. The topological polar surface area (TPSA) is 134 Å². The van der Waals surface area contributed by atoms with Crippen LogP contribution in [0, 0.1) is 10.8 Å². The van der Waals surface area contributed by atoms with Gasteiger partial charge < -0.3 is 15.1 Å². The van der Waals surface area contributed by atoms with Gasteiger partial charge in [-0.25, -0.2) is 14.3 Å². The number of amides is 2. The molecule has 2 amide bonds. The third kappa shape index (κ3) is 4.06. The molecule has 0 aliphatic heterocycles. The Morgan fingerprint density at radius 1 is 1.06 bits per heavy atom. The van der Waals surface area contributed by atoms with Gasteiger partial charge in [0, 0.05) is 25.2 Å². The van der Waals surface area contributed by atoms with Crippen molar-refractivity contribution < 1.29 is 14.0 Å². The number of rotatable bonds is 6. The second-order valence-electron chi connectivity index (χ2n) is 10.6. The van der Waals surface area contributed by atoms with Crippen molar-refractivity contribution in [3.8, 4) is 0 Å². The quantitative estimate of drug-likeness (QED) is 0.382. The minimum absolute atomic E-state index is 0.134. The second-order valence-corrected chi connectivity index (χ2v) is 10.6. The number of aromatic amines is 1. The summed E-state index contributed by atoms with van der Waals surface area (Å²) in [6.07, 6.45) is 8.64. The van der Waals surface area contributed by atoms with Gasteiger partial charge in [-0.3, -0.25) is 14.6 Å². The molecule has 3 aromatic heterocycles. The van der Waals surface area contributed by atoms with E-state index in [9.17, 15) is 14.4 Å². The first-order valence-electron chi connectivity index (χ1n) is 12.3. The molecule has 0 spiro atoms. The largest absolute Gasteiger partial charge is 0.417 e. The van der Waals surface area contributed by atoms with Gasteiger partial charge in [0.05, 0.1) is 11.7 Å². The Balaban J connectivity index is 1.17. The lowest BCUT2D eigenvalue weighted by molar-refractivity contribution is 0.00434. The van der Waals surface area contributed by atoms with Crippen LogP contribution in [-0.2, 0) is 6.54 Å². The summed E-state index contributed by atoms with van der Waals surface area (Å²) < 4.78 is 6.47. The van der Waals surface area contributed by atoms with Crippen LogP contribution in [0.4, 0.5) is 0 Å². The Hall–Kier alpha value is -3.95. The first kappa shape index (κ1) is 22.5. The number of fused-ring (bicyclic) bond motifs is 5. The van der Waals surface area contributed by atoms with E-state index in [2.05, 4.69) is 32.6 Å². The lowest BCUT2D eigenvalue weighted by Crippen LogP contribution is -2.46. The number of H-pyrrole nitrogens is 1. The molecule has 7 rings (SSSR count). The van der Waals surface area contributed by atoms with Crippen molar-refractivity contribution in [2.24, 2.45) is 10.8 Å². The van der Waals surface area contributed by atoms with E-state index in [1.165, 1.54) is 29.8 Å². The molecule has 36 heavy (non-hydrogen) atoms. The summed E-state index contributed by atoms with van der Waals surface area (Å²) in [7, 11) is 0. The number of benzene rings is 1. The Bertz CT molecular complexity index is 1520. The summed E-state index contributed by atoms with van der Waals surface area (Å²) in [4.78, 5) is 44.6. The molecule has 2 bridgehead atoms. The molecule has 0 radical (unpaired) electrons. The van der Waals surface area contributed by atoms with Gasteiger partial charge in [-0.1, -0.05) is 13.0 Å². The fourth-order valence-corrected chi connectivity index (χ4v) is 5.65. The maximum Gasteiger partial charge on any atom is 0.417 e. The van der Waals surface area contributed by atoms with E-state index >= 15 is 0 Å². The van der Waals surface area contributed by atoms with E-state index in [0.29, 0.717) is 28.7 Å². The summed E-state index contributed by atoms with van der Waals surface area (Å²) in [5.41, 5.74) is 3.28. The highest BCUT2D eigenvalue weighted by atomic mass is 16.4. The van der Waals surface area contributed by atoms with Gasteiger partial charge in [0.25, 0.3) is 11.8 Å². The molecule has 3 heterocycles. The van der Waals surface area contributed by atoms with Crippen LogP contribution in [0.1, 0.15) is 72.0 Å². The van der Waals surface area contributed by atoms with Crippen LogP contribution in [0.2, 0.25) is 0 Å². The second kappa shape index (κ2) is 8.32. The lowest BCUT2D eigenvalue weighted by atomic mass is 9.54. The molecular weight excluding hydrogens is 460 g/mol. The van der Waals surface area contributed by atoms with Gasteiger partial charge in [0.15, 0.2) is 11.2 Å². The van der Waals surface area contributed by atoms with Crippen molar-refractivity contribution in [3.63, 3.8) is 0 Å². The Morgan fingerprint density at radius 3 is 2.61 bits per heavy atom. The third-order valence-corrected chi connectivity index (χ3v) is 8.16. The SMILES string of the molecule is CC12CCC(CNC(=O)c3cc(C(=O)NCc4ccc5oc(=O)[nH]c5c4)nc4ccnn34)(CC1)CC2. The highest BCUT2D eigenvalue weighted by Crippen LogP contribution is 2.56. The van der Waals surface area contributed by atoms with E-state index < -0.39 is 11.7 Å². The smallest absolute Gasteiger partial charge is 0.408 e. The predicted molar refractivity (Wildman–Crippen MR) is 132 cm³/mol. The summed E-state index contributed by atoms with van der Waals surface area (Å²) in [6, 6.07) is 8.33. The molecule has 0 atom stereocenters. The number of nitrogens with zero attached hydrogens (tertiary/aromatic N) is 3. The molecule has 1 aromatic carbocycles. The van der Waals surface area contributed by atoms with Crippen LogP contribution in [0.3, 0.4) is 0 Å². The van der Waals surface area contributed by atoms with Crippen LogP contribution < -0.4 is 16.4 Å². The number of hydrogen-bond donors (Lipinski definition) is 3. The highest BCUT2D eigenvalue weighted by Gasteiger charge is 2.46. The number of hydrogen-bond acceptors (Lipinski definition) is 6. The number of carbonyl (C=O) groups is 2. The van der Waals surface area contributed by atoms with E-state index in [-0.39, 0.29) is 29.3 Å². The Labute approximate surface area is 206 Å². The number of nitrogens with one attached hydrogen (secondary N) is 3. The van der Waals surface area contributed by atoms with Gasteiger partial charge in [-0.15, -0.1) is 0 Å². The van der Waals surface area contributed by atoms with Crippen LogP contribution in [0.5, 0.6) is 0 Å². The average molecular weight is 489 g/mol. The molecular formula is C26H28N6O4. The molecule has 186 valence electrons. The monoisotopic (exact) mass is 488 g/mol. The normalized spacial score (nSPS) is 23.2. The molecule has 10 nitrogen and oxygen atoms in total. The molecule has 3 aliphatic rings. The zero-order valence-electron chi connectivity index (χ0n) is 20.1. The van der Waals surface area contributed by atoms with Crippen molar-refractivity contribution in [1.82, 2.24) is 30.2 Å². The number of oxazole rings is 1. The van der Waals surface area contributed by atoms with Crippen molar-refractivity contribution in [2.45, 2.75) is 52.0 Å². The molecule has 3 saturated carbocycles. The van der Waals surface area contributed by atoms with Crippen LogP contribution >= 0.6 is 0 Å². The van der Waals surface area contributed by atoms with E-state index in [4.69, 9.17) is 4.42 Å². The van der Waals surface area contributed by atoms with Crippen molar-refractivity contribution >= 4 is 28.6 Å². The van der Waals surface area contributed by atoms with Crippen molar-refractivity contribution in [1.29, 1.82) is 0 Å². The third-order valence-electron chi connectivity index (χ3n) is 8.16. The molecule has 0 unspecified atom stereocenters. The van der Waals surface area contributed by atoms with Gasteiger partial charge in [-0.05, 0) is 67.1 Å². The fraction of sp³-hybridized carbons (Fsp3) is 0.423. The van der Waals surface area contributed by atoms with Gasteiger partial charge in [0.2, 0.25) is 0 Å². The van der Waals surface area contributed by atoms with E-state index in [1.807, 2.05) is 0 Å². The first-order valence-corrected chi connectivity index (χ1v) is 12.3. The van der Waals surface area contributed by atoms with Crippen LogP contribution in [0.15, 0.2) is 45.7 Å². The van der Waals surface area contributed by atoms with Crippen molar-refractivity contribution in [3.05, 3.63) is 64.0 Å². The maximum absolute atomic E-state index is 13.2. The summed E-state index contributed by atoms with van der Waals surface area (Å²) in [5, 5.41) is 10.2. The molecule has 10 heteroatoms. The van der Waals surface area contributed by atoms with Gasteiger partial charge in [0.1, 0.15) is 11.4 Å². The summed E-state index contributed by atoms with van der Waals surface area (Å²) in [5.74, 6) is -1.20. The van der Waals surface area contributed by atoms with E-state index in [1.54, 1.807) is 30.5 Å². The standard InChI is InChI=1S/C26H28N6O4/c1-25-5-8-26(9-6-25,10-7-25)15-28-23(34)19-13-18(30-21-4-11-29-32(19)21)22(33)27-14-16-2-3-20-17(12-16)31-24(35)36-20/h2-4,11-13H,5-10,14-15H2,1H3,(H,27,33)(H,28,34)(H,31,35). The minimum atomic E-state index is -0.527. The summed E-state index contributed by atoms with van der Waals surface area (Å²) in [6.45, 7) is 3.23. The summed E-state index contributed by atoms with van der Waals surface area (Å²) >= 11 is 0. The molecule has 3 aliphatic carbocycles. The Morgan fingerprint density at radius 2 is 1.83 bits per heavy atom. The number of carbonyl (C=O) groups excluding carboxylic acids is 2. The van der Waals surface area contributed by atoms with Crippen LogP contribution in [0.25, 0.3) is 16.7 Å². The fourth-order valence-electron chi connectivity index (χ4n) is 5.65. The zero-order chi connectivity index (χ0) is 24.9. The van der Waals surface area contributed by atoms with Crippen LogP contribution in [-0.4, -0.2) is 37.9 Å². The average Bonchev–Trinajstić information content (AvgIpc) is 3.51. The number of aromatic nitrogens is 4. The molecule has 4 aromatic rings. The van der Waals surface area contributed by atoms with Crippen molar-refractivity contribution in [2.75, 3.05) is 6.54 Å². The van der Waals surface area contributed by atoms with Gasteiger partial charge in [-0.2, -0.15) is 5.10 Å². The first-order chi connectivity index (χ1) is 17.3. The maximum atomic E-state index is 13.2. The predicted octanol–water partition coefficient (Wildman–Crippen LogP) is 3.18. The molecule has 3 fully saturated rings. The van der Waals surface area contributed by atoms with E-state index in [0.717, 1.165) is 24.8 Å².